The summed E-state index contributed by atoms with van der Waals surface area (Å²) in [6.45, 7) is 14.1. The number of hydrogen-bond donors (Lipinski definition) is 1. The summed E-state index contributed by atoms with van der Waals surface area (Å²) in [5, 5.41) is 15.4. The van der Waals surface area contributed by atoms with Crippen LogP contribution in [0.5, 0.6) is 11.5 Å². The molecule has 2 aromatic carbocycles. The molecule has 12 heteroatoms. The minimum atomic E-state index is -0.533. The number of nitrogens with two attached hydrogens (primary N) is 1. The second-order valence-corrected chi connectivity index (χ2v) is 13.9. The van der Waals surface area contributed by atoms with E-state index in [-0.39, 0.29) is 34.3 Å². The third-order valence-electron chi connectivity index (χ3n) is 9.41. The van der Waals surface area contributed by atoms with Gasteiger partial charge in [-0.1, -0.05) is 38.1 Å². The van der Waals surface area contributed by atoms with E-state index in [1.54, 1.807) is 33.8 Å². The van der Waals surface area contributed by atoms with Gasteiger partial charge in [0.15, 0.2) is 5.65 Å². The summed E-state index contributed by atoms with van der Waals surface area (Å²) in [4.78, 5) is 29.2. The Bertz CT molecular complexity index is 1870. The summed E-state index contributed by atoms with van der Waals surface area (Å²) in [5.74, 6) is 0.300. The van der Waals surface area contributed by atoms with E-state index in [9.17, 15) is 10.1 Å². The summed E-state index contributed by atoms with van der Waals surface area (Å²) >= 11 is 0. The largest absolute Gasteiger partial charge is 0.457 e. The first-order valence-corrected chi connectivity index (χ1v) is 16.9. The van der Waals surface area contributed by atoms with E-state index in [2.05, 4.69) is 53.5 Å². The van der Waals surface area contributed by atoms with Gasteiger partial charge in [-0.3, -0.25) is 14.6 Å². The highest BCUT2D eigenvalue weighted by Crippen LogP contribution is 2.35. The Hall–Kier alpha value is -4.86. The molecule has 0 spiro atoms. The van der Waals surface area contributed by atoms with Crippen LogP contribution in [0.4, 0.5) is 10.2 Å². The summed E-state index contributed by atoms with van der Waals surface area (Å²) in [6, 6.07) is 16.2. The average Bonchev–Trinajstić information content (AvgIpc) is 3.69. The number of para-hydroxylation sites is 1. The van der Waals surface area contributed by atoms with E-state index in [0.29, 0.717) is 47.4 Å². The molecule has 2 N–H and O–H groups in total. The number of carbonyl (C=O) groups is 1. The second-order valence-electron chi connectivity index (χ2n) is 13.9. The number of rotatable bonds is 10. The average molecular weight is 666 g/mol. The molecule has 6 rings (SSSR count). The van der Waals surface area contributed by atoms with Crippen LogP contribution in [0.2, 0.25) is 0 Å². The summed E-state index contributed by atoms with van der Waals surface area (Å²) < 4.78 is 23.1. The number of nitrogens with zero attached hydrogens (tertiary/aromatic N) is 8. The molecule has 0 aliphatic carbocycles. The zero-order valence-corrected chi connectivity index (χ0v) is 28.6. The van der Waals surface area contributed by atoms with Gasteiger partial charge in [-0.25, -0.2) is 19.0 Å². The number of carbonyl (C=O) groups excluding carboxylic acids is 1. The Morgan fingerprint density at radius 1 is 1.10 bits per heavy atom. The summed E-state index contributed by atoms with van der Waals surface area (Å²) in [7, 11) is 0. The molecule has 0 radical (unpaired) electrons. The molecule has 2 aliphatic rings. The minimum absolute atomic E-state index is 0.148. The van der Waals surface area contributed by atoms with E-state index in [4.69, 9.17) is 15.6 Å². The number of ether oxygens (including phenoxy) is 1. The third-order valence-corrected chi connectivity index (χ3v) is 9.41. The quantitative estimate of drug-likeness (QED) is 0.172. The molecule has 4 aromatic rings. The number of amides is 1. The lowest BCUT2D eigenvalue weighted by Gasteiger charge is -2.39. The fraction of sp³-hybridized carbons (Fsp3) is 0.432. The number of piperazine rings is 1. The Morgan fingerprint density at radius 3 is 2.55 bits per heavy atom. The van der Waals surface area contributed by atoms with E-state index in [1.165, 1.54) is 12.4 Å². The highest BCUT2D eigenvalue weighted by atomic mass is 19.1. The molecule has 256 valence electrons. The van der Waals surface area contributed by atoms with Gasteiger partial charge in [0.2, 0.25) is 0 Å². The van der Waals surface area contributed by atoms with Gasteiger partial charge in [0.1, 0.15) is 46.8 Å². The standard InChI is InChI=1S/C37H44FN9O2/c1-25(2)45-17-15-44(16-18-45)23-37(3,4)20-26(21-39)36(48)46-14-8-9-27(46)22-47-35-32(34(40)41-24-42-35)33(43-47)30-13-12-29(19-31(30)38)49-28-10-6-5-7-11-28/h5-7,10-13,19-20,24-25,27H,8-9,14-18,22-23H2,1-4H3,(H2,40,41,42)/b26-20+/t27-/m0/s1. The molecule has 11 nitrogen and oxygen atoms in total. The molecular weight excluding hydrogens is 621 g/mol. The fourth-order valence-corrected chi connectivity index (χ4v) is 6.96. The first kappa shape index (κ1) is 34.0. The maximum Gasteiger partial charge on any atom is 0.264 e. The fourth-order valence-electron chi connectivity index (χ4n) is 6.96. The summed E-state index contributed by atoms with van der Waals surface area (Å²) in [6.07, 6.45) is 4.71. The molecule has 1 atom stereocenters. The third kappa shape index (κ3) is 7.58. The maximum atomic E-state index is 15.6. The Kier molecular flexibility index (Phi) is 9.94. The lowest BCUT2D eigenvalue weighted by molar-refractivity contribution is -0.127. The molecule has 1 amide bonds. The van der Waals surface area contributed by atoms with Crippen LogP contribution in [-0.4, -0.2) is 91.7 Å². The van der Waals surface area contributed by atoms with Gasteiger partial charge in [0.05, 0.1) is 18.0 Å². The van der Waals surface area contributed by atoms with Gasteiger partial charge >= 0.3 is 0 Å². The van der Waals surface area contributed by atoms with Crippen LogP contribution in [0.25, 0.3) is 22.3 Å². The van der Waals surface area contributed by atoms with Crippen molar-refractivity contribution >= 4 is 22.8 Å². The lowest BCUT2D eigenvalue weighted by Crippen LogP contribution is -2.50. The molecule has 2 aromatic heterocycles. The highest BCUT2D eigenvalue weighted by Gasteiger charge is 2.34. The van der Waals surface area contributed by atoms with Crippen LogP contribution >= 0.6 is 0 Å². The van der Waals surface area contributed by atoms with Crippen LogP contribution in [0, 0.1) is 22.6 Å². The van der Waals surface area contributed by atoms with Crippen molar-refractivity contribution in [2.45, 2.75) is 59.2 Å². The van der Waals surface area contributed by atoms with Crippen molar-refractivity contribution in [1.82, 2.24) is 34.4 Å². The van der Waals surface area contributed by atoms with Gasteiger partial charge in [-0.05, 0) is 56.4 Å². The molecule has 49 heavy (non-hydrogen) atoms. The van der Waals surface area contributed by atoms with Gasteiger partial charge in [-0.2, -0.15) is 10.4 Å². The van der Waals surface area contributed by atoms with Crippen LogP contribution in [-0.2, 0) is 11.3 Å². The van der Waals surface area contributed by atoms with Crippen molar-refractivity contribution in [1.29, 1.82) is 5.26 Å². The van der Waals surface area contributed by atoms with Gasteiger partial charge in [0.25, 0.3) is 5.91 Å². The van der Waals surface area contributed by atoms with Crippen molar-refractivity contribution in [3.8, 4) is 28.8 Å². The summed E-state index contributed by atoms with van der Waals surface area (Å²) in [5.41, 5.74) is 7.07. The van der Waals surface area contributed by atoms with Crippen molar-refractivity contribution in [2.75, 3.05) is 45.0 Å². The number of nitrogen functional groups attached to an aromatic ring is 1. The van der Waals surface area contributed by atoms with Crippen LogP contribution in [0.1, 0.15) is 40.5 Å². The Labute approximate surface area is 286 Å². The first-order valence-electron chi connectivity index (χ1n) is 16.9. The van der Waals surface area contributed by atoms with Crippen molar-refractivity contribution in [3.63, 3.8) is 0 Å². The molecule has 0 saturated carbocycles. The molecule has 4 heterocycles. The molecule has 2 fully saturated rings. The van der Waals surface area contributed by atoms with Gasteiger partial charge < -0.3 is 15.4 Å². The van der Waals surface area contributed by atoms with Crippen LogP contribution < -0.4 is 10.5 Å². The Balaban J connectivity index is 1.21. The Morgan fingerprint density at radius 2 is 1.86 bits per heavy atom. The van der Waals surface area contributed by atoms with E-state index < -0.39 is 5.82 Å². The highest BCUT2D eigenvalue weighted by molar-refractivity contribution is 5.99. The molecular formula is C37H44FN9O2. The number of hydrogen-bond acceptors (Lipinski definition) is 9. The number of likely N-dealkylation sites (tertiary alicyclic amines) is 1. The lowest BCUT2D eigenvalue weighted by atomic mass is 9.89. The molecule has 2 aliphatic heterocycles. The van der Waals surface area contributed by atoms with Gasteiger partial charge in [0, 0.05) is 56.9 Å². The molecule has 2 saturated heterocycles. The zero-order chi connectivity index (χ0) is 34.7. The maximum absolute atomic E-state index is 15.6. The number of fused-ring (bicyclic) bond motifs is 1. The number of halogens is 1. The predicted octanol–water partition coefficient (Wildman–Crippen LogP) is 5.50. The van der Waals surface area contributed by atoms with E-state index in [1.807, 2.05) is 24.3 Å². The topological polar surface area (TPSA) is 129 Å². The monoisotopic (exact) mass is 665 g/mol. The van der Waals surface area contributed by atoms with Gasteiger partial charge in [-0.15, -0.1) is 0 Å². The van der Waals surface area contributed by atoms with Crippen molar-refractivity contribution < 1.29 is 13.9 Å². The van der Waals surface area contributed by atoms with Crippen LogP contribution in [0.3, 0.4) is 0 Å². The van der Waals surface area contributed by atoms with Crippen molar-refractivity contribution in [2.24, 2.45) is 5.41 Å². The number of nitriles is 1. The molecule has 0 bridgehead atoms. The van der Waals surface area contributed by atoms with Crippen LogP contribution in [0.15, 0.2) is 66.5 Å². The zero-order valence-electron chi connectivity index (χ0n) is 28.6. The second kappa shape index (κ2) is 14.3. The predicted molar refractivity (Wildman–Crippen MR) is 187 cm³/mol. The normalized spacial score (nSPS) is 17.9. The number of aromatic nitrogens is 4. The molecule has 0 unspecified atom stereocenters. The van der Waals surface area contributed by atoms with E-state index >= 15 is 4.39 Å². The number of anilines is 1. The number of benzene rings is 2. The SMILES string of the molecule is CC(C)N1CCN(CC(C)(C)/C=C(\C#N)C(=O)N2CCC[C@H]2Cn2nc(-c3ccc(Oc4ccccc4)cc3F)c3c(N)ncnc32)CC1. The minimum Gasteiger partial charge on any atom is -0.457 e. The van der Waals surface area contributed by atoms with Crippen molar-refractivity contribution in [3.05, 3.63) is 72.3 Å². The van der Waals surface area contributed by atoms with E-state index in [0.717, 1.165) is 45.6 Å². The first-order chi connectivity index (χ1) is 23.5. The smallest absolute Gasteiger partial charge is 0.264 e.